The summed E-state index contributed by atoms with van der Waals surface area (Å²) in [5, 5.41) is 5.76. The Morgan fingerprint density at radius 1 is 1.06 bits per heavy atom. The van der Waals surface area contributed by atoms with Gasteiger partial charge < -0.3 is 10.1 Å². The van der Waals surface area contributed by atoms with E-state index < -0.39 is 11.9 Å². The molecule has 2 amide bonds. The molecule has 1 aromatic heterocycles. The molecule has 2 aromatic rings. The Balaban J connectivity index is 1.21. The first-order valence-corrected chi connectivity index (χ1v) is 11.6. The van der Waals surface area contributed by atoms with Gasteiger partial charge in [-0.05, 0) is 56.5 Å². The second kappa shape index (κ2) is 8.80. The first-order chi connectivity index (χ1) is 15.5. The number of amides is 2. The zero-order chi connectivity index (χ0) is 22.2. The Labute approximate surface area is 186 Å². The van der Waals surface area contributed by atoms with Gasteiger partial charge in [0.15, 0.2) is 0 Å². The second-order valence-electron chi connectivity index (χ2n) is 9.18. The second-order valence-corrected chi connectivity index (χ2v) is 9.18. The maximum atomic E-state index is 12.9. The molecule has 3 aliphatic rings. The number of ether oxygens (including phenoxy) is 1. The van der Waals surface area contributed by atoms with Crippen molar-refractivity contribution in [2.24, 2.45) is 7.05 Å². The van der Waals surface area contributed by atoms with E-state index in [1.165, 1.54) is 17.4 Å². The highest BCUT2D eigenvalue weighted by Gasteiger charge is 2.33. The smallest absolute Gasteiger partial charge is 0.329 e. The number of aromatic nitrogens is 2. The lowest BCUT2D eigenvalue weighted by Gasteiger charge is -2.45. The van der Waals surface area contributed by atoms with Gasteiger partial charge >= 0.3 is 5.69 Å². The minimum atomic E-state index is -0.653. The van der Waals surface area contributed by atoms with Gasteiger partial charge in [0.05, 0.1) is 23.7 Å². The quantitative estimate of drug-likeness (QED) is 0.627. The standard InChI is InChI=1S/C23H31N5O4/c1-26-20-12-15(8-11-32-17-13-27(14-17)16-6-9-24-10-7-16)2-3-18(20)28(23(26)31)19-4-5-21(29)25-22(19)30/h2-3,12,16-17,19,24H,4-11,13-14H2,1H3,(H,25,29,30). The average molecular weight is 442 g/mol. The summed E-state index contributed by atoms with van der Waals surface area (Å²) in [7, 11) is 1.72. The van der Waals surface area contributed by atoms with Gasteiger partial charge in [-0.15, -0.1) is 0 Å². The number of aryl methyl sites for hydroxylation is 1. The van der Waals surface area contributed by atoms with Gasteiger partial charge in [-0.3, -0.25) is 28.9 Å². The van der Waals surface area contributed by atoms with E-state index in [4.69, 9.17) is 4.74 Å². The van der Waals surface area contributed by atoms with Gasteiger partial charge in [0.2, 0.25) is 11.8 Å². The number of nitrogens with zero attached hydrogens (tertiary/aromatic N) is 3. The number of carbonyl (C=O) groups excluding carboxylic acids is 2. The molecule has 4 heterocycles. The van der Waals surface area contributed by atoms with Crippen LogP contribution in [0.25, 0.3) is 11.0 Å². The molecule has 2 N–H and O–H groups in total. The fourth-order valence-electron chi connectivity index (χ4n) is 5.18. The lowest BCUT2D eigenvalue weighted by molar-refractivity contribution is -0.135. The molecule has 0 radical (unpaired) electrons. The number of benzene rings is 1. The SMILES string of the molecule is Cn1c(=O)n(C2CCC(=O)NC2=O)c2ccc(CCOC3CN(C4CCNCC4)C3)cc21. The molecule has 1 atom stereocenters. The van der Waals surface area contributed by atoms with Crippen molar-refractivity contribution < 1.29 is 14.3 Å². The third-order valence-electron chi connectivity index (χ3n) is 7.12. The Hall–Kier alpha value is -2.49. The van der Waals surface area contributed by atoms with Crippen LogP contribution in [0, 0.1) is 0 Å². The number of imide groups is 1. The molecule has 9 nitrogen and oxygen atoms in total. The Morgan fingerprint density at radius 2 is 1.84 bits per heavy atom. The van der Waals surface area contributed by atoms with Crippen LogP contribution in [0.2, 0.25) is 0 Å². The van der Waals surface area contributed by atoms with E-state index in [1.54, 1.807) is 11.6 Å². The van der Waals surface area contributed by atoms with Gasteiger partial charge in [-0.2, -0.15) is 0 Å². The van der Waals surface area contributed by atoms with Crippen molar-refractivity contribution in [1.82, 2.24) is 24.7 Å². The zero-order valence-corrected chi connectivity index (χ0v) is 18.5. The summed E-state index contributed by atoms with van der Waals surface area (Å²) in [5.74, 6) is -0.695. The highest BCUT2D eigenvalue weighted by atomic mass is 16.5. The maximum absolute atomic E-state index is 12.9. The van der Waals surface area contributed by atoms with E-state index >= 15 is 0 Å². The summed E-state index contributed by atoms with van der Waals surface area (Å²) in [6, 6.07) is 5.95. The first kappa shape index (κ1) is 21.4. The summed E-state index contributed by atoms with van der Waals surface area (Å²) >= 11 is 0. The largest absolute Gasteiger partial charge is 0.375 e. The predicted molar refractivity (Wildman–Crippen MR) is 120 cm³/mol. The maximum Gasteiger partial charge on any atom is 0.329 e. The fourth-order valence-corrected chi connectivity index (χ4v) is 5.18. The van der Waals surface area contributed by atoms with Crippen molar-refractivity contribution in [1.29, 1.82) is 0 Å². The van der Waals surface area contributed by atoms with Gasteiger partial charge in [0, 0.05) is 32.6 Å². The third kappa shape index (κ3) is 4.00. The van der Waals surface area contributed by atoms with Crippen molar-refractivity contribution >= 4 is 22.8 Å². The molecule has 1 unspecified atom stereocenters. The van der Waals surface area contributed by atoms with E-state index in [2.05, 4.69) is 15.5 Å². The summed E-state index contributed by atoms with van der Waals surface area (Å²) in [4.78, 5) is 39.2. The number of nitrogens with one attached hydrogen (secondary N) is 2. The van der Waals surface area contributed by atoms with Crippen molar-refractivity contribution in [3.05, 3.63) is 34.2 Å². The van der Waals surface area contributed by atoms with E-state index in [1.807, 2.05) is 18.2 Å². The van der Waals surface area contributed by atoms with Gasteiger partial charge in [0.1, 0.15) is 6.04 Å². The van der Waals surface area contributed by atoms with Crippen LogP contribution in [-0.2, 0) is 27.8 Å². The van der Waals surface area contributed by atoms with Crippen LogP contribution in [0.4, 0.5) is 0 Å². The van der Waals surface area contributed by atoms with Gasteiger partial charge in [-0.1, -0.05) is 6.07 Å². The van der Waals surface area contributed by atoms with Crippen molar-refractivity contribution in [3.63, 3.8) is 0 Å². The molecule has 3 aliphatic heterocycles. The molecule has 0 bridgehead atoms. The van der Waals surface area contributed by atoms with Crippen molar-refractivity contribution in [2.75, 3.05) is 32.8 Å². The summed E-state index contributed by atoms with van der Waals surface area (Å²) in [6.07, 6.45) is 4.12. The number of rotatable bonds is 6. The normalized spacial score (nSPS) is 23.5. The number of piperidine rings is 2. The summed E-state index contributed by atoms with van der Waals surface area (Å²) < 4.78 is 9.17. The topological polar surface area (TPSA) is 97.6 Å². The van der Waals surface area contributed by atoms with E-state index in [0.29, 0.717) is 30.7 Å². The monoisotopic (exact) mass is 441 g/mol. The van der Waals surface area contributed by atoms with E-state index in [9.17, 15) is 14.4 Å². The van der Waals surface area contributed by atoms with Crippen LogP contribution in [0.3, 0.4) is 0 Å². The van der Waals surface area contributed by atoms with Crippen LogP contribution >= 0.6 is 0 Å². The number of fused-ring (bicyclic) bond motifs is 1. The molecule has 0 spiro atoms. The summed E-state index contributed by atoms with van der Waals surface area (Å²) in [6.45, 7) is 4.92. The van der Waals surface area contributed by atoms with Crippen LogP contribution in [0.1, 0.15) is 37.3 Å². The lowest BCUT2D eigenvalue weighted by atomic mass is 10.00. The van der Waals surface area contributed by atoms with Gasteiger partial charge in [-0.25, -0.2) is 4.79 Å². The molecule has 3 fully saturated rings. The van der Waals surface area contributed by atoms with Crippen LogP contribution in [0.15, 0.2) is 23.0 Å². The van der Waals surface area contributed by atoms with Crippen molar-refractivity contribution in [3.8, 4) is 0 Å². The number of likely N-dealkylation sites (tertiary alicyclic amines) is 1. The minimum absolute atomic E-state index is 0.240. The highest BCUT2D eigenvalue weighted by molar-refractivity contribution is 6.00. The predicted octanol–water partition coefficient (Wildman–Crippen LogP) is 0.313. The molecule has 5 rings (SSSR count). The van der Waals surface area contributed by atoms with Crippen LogP contribution in [-0.4, -0.2) is 70.8 Å². The highest BCUT2D eigenvalue weighted by Crippen LogP contribution is 2.24. The Kier molecular flexibility index (Phi) is 5.88. The van der Waals surface area contributed by atoms with E-state index in [0.717, 1.165) is 43.7 Å². The molecule has 1 aromatic carbocycles. The summed E-state index contributed by atoms with van der Waals surface area (Å²) in [5.41, 5.74) is 2.37. The van der Waals surface area contributed by atoms with Crippen LogP contribution < -0.4 is 16.3 Å². The van der Waals surface area contributed by atoms with E-state index in [-0.39, 0.29) is 18.0 Å². The molecule has 32 heavy (non-hydrogen) atoms. The Bertz CT molecular complexity index is 1080. The lowest BCUT2D eigenvalue weighted by Crippen LogP contribution is -2.58. The van der Waals surface area contributed by atoms with Crippen LogP contribution in [0.5, 0.6) is 0 Å². The molecular weight excluding hydrogens is 410 g/mol. The molecule has 0 saturated carbocycles. The fraction of sp³-hybridized carbons (Fsp3) is 0.609. The molecule has 3 saturated heterocycles. The molecule has 172 valence electrons. The number of imidazole rings is 1. The zero-order valence-electron chi connectivity index (χ0n) is 18.5. The molecule has 9 heteroatoms. The number of hydrogen-bond acceptors (Lipinski definition) is 6. The number of carbonyl (C=O) groups is 2. The molecular formula is C23H31N5O4. The average Bonchev–Trinajstić information content (AvgIpc) is 3.00. The first-order valence-electron chi connectivity index (χ1n) is 11.6. The third-order valence-corrected chi connectivity index (χ3v) is 7.12. The van der Waals surface area contributed by atoms with Gasteiger partial charge in [0.25, 0.3) is 0 Å². The molecule has 0 aliphatic carbocycles. The Morgan fingerprint density at radius 3 is 2.59 bits per heavy atom. The minimum Gasteiger partial charge on any atom is -0.375 e. The number of hydrogen-bond donors (Lipinski definition) is 2. The van der Waals surface area contributed by atoms with Crippen molar-refractivity contribution in [2.45, 2.75) is 50.3 Å².